The lowest BCUT2D eigenvalue weighted by atomic mass is 10.0. The Morgan fingerprint density at radius 1 is 0.833 bits per heavy atom. The quantitative estimate of drug-likeness (QED) is 0.566. The normalized spacial score (nSPS) is 14.0. The van der Waals surface area contributed by atoms with E-state index in [0.29, 0.717) is 43.3 Å². The van der Waals surface area contributed by atoms with E-state index in [1.54, 1.807) is 14.2 Å². The van der Waals surface area contributed by atoms with Gasteiger partial charge in [-0.3, -0.25) is 9.59 Å². The molecule has 0 atom stereocenters. The Balaban J connectivity index is 2.07. The number of hydrogen-bond acceptors (Lipinski definition) is 5. The van der Waals surface area contributed by atoms with Crippen LogP contribution in [-0.2, 0) is 25.5 Å². The minimum atomic E-state index is -0.324. The summed E-state index contributed by atoms with van der Waals surface area (Å²) in [6.45, 7) is 3.89. The summed E-state index contributed by atoms with van der Waals surface area (Å²) >= 11 is 0. The molecular weight excluding hydrogens is 380 g/mol. The van der Waals surface area contributed by atoms with E-state index >= 15 is 0 Å². The Hall–Kier alpha value is -2.96. The summed E-state index contributed by atoms with van der Waals surface area (Å²) in [7, 11) is 3.23. The number of methoxy groups -OCH3 is 2. The van der Waals surface area contributed by atoms with Crippen LogP contribution in [-0.4, -0.2) is 57.2 Å². The van der Waals surface area contributed by atoms with Crippen molar-refractivity contribution in [2.45, 2.75) is 13.3 Å². The van der Waals surface area contributed by atoms with E-state index < -0.39 is 0 Å². The van der Waals surface area contributed by atoms with Crippen LogP contribution in [0.4, 0.5) is 5.69 Å². The maximum atomic E-state index is 13.5. The molecule has 1 aliphatic heterocycles. The van der Waals surface area contributed by atoms with Gasteiger partial charge < -0.3 is 14.4 Å². The summed E-state index contributed by atoms with van der Waals surface area (Å²) in [5.41, 5.74) is 3.24. The summed E-state index contributed by atoms with van der Waals surface area (Å²) in [5.74, 6) is -0.638. The number of carbonyl (C=O) groups is 2. The van der Waals surface area contributed by atoms with Gasteiger partial charge in [0, 0.05) is 27.3 Å². The van der Waals surface area contributed by atoms with Crippen molar-refractivity contribution in [3.8, 4) is 0 Å². The van der Waals surface area contributed by atoms with Crippen molar-refractivity contribution >= 4 is 23.1 Å². The Kier molecular flexibility index (Phi) is 7.38. The minimum absolute atomic E-state index is 0.315. The number of amides is 2. The molecule has 0 unspecified atom stereocenters. The summed E-state index contributed by atoms with van der Waals surface area (Å²) in [6.07, 6.45) is 0.892. The van der Waals surface area contributed by atoms with Gasteiger partial charge in [0.05, 0.1) is 24.5 Å². The van der Waals surface area contributed by atoms with Crippen molar-refractivity contribution in [3.05, 3.63) is 71.4 Å². The molecule has 0 spiro atoms. The van der Waals surface area contributed by atoms with Crippen LogP contribution in [0.25, 0.3) is 5.57 Å². The number of imide groups is 1. The number of benzene rings is 2. The second kappa shape index (κ2) is 10.2. The lowest BCUT2D eigenvalue weighted by Gasteiger charge is -2.25. The highest BCUT2D eigenvalue weighted by Crippen LogP contribution is 2.34. The molecule has 6 heteroatoms. The van der Waals surface area contributed by atoms with Crippen molar-refractivity contribution in [3.63, 3.8) is 0 Å². The van der Waals surface area contributed by atoms with E-state index in [-0.39, 0.29) is 11.8 Å². The summed E-state index contributed by atoms with van der Waals surface area (Å²) in [5, 5.41) is 0. The summed E-state index contributed by atoms with van der Waals surface area (Å²) < 4.78 is 10.5. The third-order valence-electron chi connectivity index (χ3n) is 5.17. The van der Waals surface area contributed by atoms with Crippen LogP contribution in [0.15, 0.2) is 60.3 Å². The molecule has 2 aromatic carbocycles. The number of aryl methyl sites for hydroxylation is 1. The molecule has 158 valence electrons. The molecule has 0 aromatic heterocycles. The van der Waals surface area contributed by atoms with Gasteiger partial charge in [0.25, 0.3) is 11.8 Å². The summed E-state index contributed by atoms with van der Waals surface area (Å²) in [4.78, 5) is 30.2. The molecule has 0 bridgehead atoms. The SMILES string of the molecule is CCc1ccc(N2C(=O)C(c3ccccc3)=C(N(CCOC)CCOC)C2=O)cc1. The molecule has 0 aliphatic carbocycles. The minimum Gasteiger partial charge on any atom is -0.383 e. The molecule has 0 radical (unpaired) electrons. The van der Waals surface area contributed by atoms with Gasteiger partial charge in [-0.25, -0.2) is 4.90 Å². The fraction of sp³-hybridized carbons (Fsp3) is 0.333. The van der Waals surface area contributed by atoms with Crippen molar-refractivity contribution in [2.75, 3.05) is 45.4 Å². The van der Waals surface area contributed by atoms with Crippen LogP contribution in [0.3, 0.4) is 0 Å². The zero-order valence-electron chi connectivity index (χ0n) is 17.8. The monoisotopic (exact) mass is 408 g/mol. The first-order chi connectivity index (χ1) is 14.6. The van der Waals surface area contributed by atoms with Crippen LogP contribution >= 0.6 is 0 Å². The van der Waals surface area contributed by atoms with Gasteiger partial charge in [0.15, 0.2) is 0 Å². The van der Waals surface area contributed by atoms with Crippen LogP contribution in [0, 0.1) is 0 Å². The third-order valence-corrected chi connectivity index (χ3v) is 5.17. The molecule has 2 amide bonds. The predicted octanol–water partition coefficient (Wildman–Crippen LogP) is 3.13. The van der Waals surface area contributed by atoms with E-state index in [4.69, 9.17) is 9.47 Å². The number of ether oxygens (including phenoxy) is 2. The molecule has 1 heterocycles. The topological polar surface area (TPSA) is 59.1 Å². The first-order valence-electron chi connectivity index (χ1n) is 10.1. The molecular formula is C24H28N2O4. The van der Waals surface area contributed by atoms with Crippen molar-refractivity contribution in [1.29, 1.82) is 0 Å². The average molecular weight is 408 g/mol. The molecule has 3 rings (SSSR count). The fourth-order valence-corrected chi connectivity index (χ4v) is 3.53. The molecule has 6 nitrogen and oxygen atoms in total. The van der Waals surface area contributed by atoms with Gasteiger partial charge >= 0.3 is 0 Å². The summed E-state index contributed by atoms with van der Waals surface area (Å²) in [6, 6.07) is 16.9. The van der Waals surface area contributed by atoms with Crippen LogP contribution in [0.1, 0.15) is 18.1 Å². The smallest absolute Gasteiger partial charge is 0.282 e. The number of hydrogen-bond donors (Lipinski definition) is 0. The van der Waals surface area contributed by atoms with Gasteiger partial charge in [-0.05, 0) is 29.7 Å². The number of nitrogens with zero attached hydrogens (tertiary/aromatic N) is 2. The van der Waals surface area contributed by atoms with Crippen molar-refractivity contribution in [2.24, 2.45) is 0 Å². The van der Waals surface area contributed by atoms with E-state index in [2.05, 4.69) is 6.92 Å². The maximum Gasteiger partial charge on any atom is 0.282 e. The Labute approximate surface area is 177 Å². The van der Waals surface area contributed by atoms with Gasteiger partial charge in [-0.2, -0.15) is 0 Å². The highest BCUT2D eigenvalue weighted by molar-refractivity contribution is 6.45. The maximum absolute atomic E-state index is 13.5. The highest BCUT2D eigenvalue weighted by atomic mass is 16.5. The second-order valence-corrected chi connectivity index (χ2v) is 7.03. The number of rotatable bonds is 10. The molecule has 0 fully saturated rings. The van der Waals surface area contributed by atoms with E-state index in [1.165, 1.54) is 4.90 Å². The molecule has 30 heavy (non-hydrogen) atoms. The van der Waals surface area contributed by atoms with E-state index in [1.807, 2.05) is 59.5 Å². The lowest BCUT2D eigenvalue weighted by Crippen LogP contribution is -2.37. The van der Waals surface area contributed by atoms with Gasteiger partial charge in [-0.15, -0.1) is 0 Å². The van der Waals surface area contributed by atoms with Crippen LogP contribution < -0.4 is 4.90 Å². The molecule has 0 N–H and O–H groups in total. The van der Waals surface area contributed by atoms with Crippen molar-refractivity contribution < 1.29 is 19.1 Å². The van der Waals surface area contributed by atoms with Gasteiger partial charge in [-0.1, -0.05) is 49.4 Å². The van der Waals surface area contributed by atoms with Crippen LogP contribution in [0.5, 0.6) is 0 Å². The zero-order valence-corrected chi connectivity index (χ0v) is 17.8. The third kappa shape index (κ3) is 4.45. The second-order valence-electron chi connectivity index (χ2n) is 7.03. The van der Waals surface area contributed by atoms with E-state index in [9.17, 15) is 9.59 Å². The molecule has 0 saturated heterocycles. The zero-order chi connectivity index (χ0) is 21.5. The number of anilines is 1. The molecule has 2 aromatic rings. The Morgan fingerprint density at radius 3 is 1.97 bits per heavy atom. The average Bonchev–Trinajstić information content (AvgIpc) is 3.04. The Morgan fingerprint density at radius 2 is 1.43 bits per heavy atom. The molecule has 0 saturated carbocycles. The highest BCUT2D eigenvalue weighted by Gasteiger charge is 2.42. The van der Waals surface area contributed by atoms with Gasteiger partial charge in [0.2, 0.25) is 0 Å². The lowest BCUT2D eigenvalue weighted by molar-refractivity contribution is -0.120. The fourth-order valence-electron chi connectivity index (χ4n) is 3.53. The first kappa shape index (κ1) is 21.7. The number of carbonyl (C=O) groups excluding carboxylic acids is 2. The first-order valence-corrected chi connectivity index (χ1v) is 10.1. The predicted molar refractivity (Wildman–Crippen MR) is 117 cm³/mol. The largest absolute Gasteiger partial charge is 0.383 e. The standard InChI is InChI=1S/C24H28N2O4/c1-4-18-10-12-20(13-11-18)26-23(27)21(19-8-6-5-7-9-19)22(24(26)28)25(14-16-29-2)15-17-30-3/h5-13H,4,14-17H2,1-3H3. The van der Waals surface area contributed by atoms with Crippen molar-refractivity contribution in [1.82, 2.24) is 4.90 Å². The van der Waals surface area contributed by atoms with Gasteiger partial charge in [0.1, 0.15) is 5.70 Å². The van der Waals surface area contributed by atoms with E-state index in [0.717, 1.165) is 17.5 Å². The van der Waals surface area contributed by atoms with Crippen LogP contribution in [0.2, 0.25) is 0 Å². The Bertz CT molecular complexity index is 899. The molecule has 1 aliphatic rings.